The molecule has 7 rings (SSSR count). The Morgan fingerprint density at radius 1 is 0.855 bits per heavy atom. The third-order valence-electron chi connectivity index (χ3n) is 15.5. The second-order valence-electron chi connectivity index (χ2n) is 21.3. The molecule has 0 aliphatic carbocycles. The summed E-state index contributed by atoms with van der Waals surface area (Å²) in [6.45, 7) is 11.9. The van der Waals surface area contributed by atoms with E-state index in [2.05, 4.69) is 56.2 Å². The Bertz CT molecular complexity index is 2560. The summed E-state index contributed by atoms with van der Waals surface area (Å²) in [5.41, 5.74) is -2.78. The van der Waals surface area contributed by atoms with Gasteiger partial charge in [-0.05, 0) is 97.0 Å². The maximum Gasteiger partial charge on any atom is 0.490 e. The number of ether oxygens (including phenoxy) is 6. The van der Waals surface area contributed by atoms with Crippen molar-refractivity contribution in [2.24, 2.45) is 5.92 Å². The molecule has 20 atom stereocenters. The number of rotatable bonds is 20. The van der Waals surface area contributed by atoms with Crippen LogP contribution in [0.5, 0.6) is 0 Å². The van der Waals surface area contributed by atoms with Gasteiger partial charge < -0.3 is 63.5 Å². The van der Waals surface area contributed by atoms with Crippen LogP contribution in [0.25, 0.3) is 0 Å². The first kappa shape index (κ1) is 62.0. The number of halogens is 1. The van der Waals surface area contributed by atoms with Crippen molar-refractivity contribution in [3.05, 3.63) is 81.2 Å². The number of hydrogen-bond acceptors (Lipinski definition) is 19. The van der Waals surface area contributed by atoms with Crippen molar-refractivity contribution in [2.45, 2.75) is 202 Å². The van der Waals surface area contributed by atoms with Gasteiger partial charge in [-0.25, -0.2) is 18.5 Å². The van der Waals surface area contributed by atoms with Crippen LogP contribution in [-0.4, -0.2) is 152 Å². The Morgan fingerprint density at radius 2 is 1.53 bits per heavy atom. The lowest BCUT2D eigenvalue weighted by Gasteiger charge is -2.49. The molecular formula is C48H74IN2O22P3. The number of alkyl halides is 1. The van der Waals surface area contributed by atoms with Crippen LogP contribution in [0, 0.1) is 5.92 Å². The van der Waals surface area contributed by atoms with Gasteiger partial charge in [0.25, 0.3) is 5.56 Å². The number of aromatic nitrogens is 2. The monoisotopic (exact) mass is 1250 g/mol. The number of allylic oxidation sites excluding steroid dienone is 6. The first-order valence-electron chi connectivity index (χ1n) is 25.5. The summed E-state index contributed by atoms with van der Waals surface area (Å²) in [6.07, 6.45) is 6.35. The predicted molar refractivity (Wildman–Crippen MR) is 280 cm³/mol. The number of H-pyrrole nitrogens is 1. The topological polar surface area (TPSA) is 340 Å². The van der Waals surface area contributed by atoms with E-state index >= 15 is 0 Å². The summed E-state index contributed by atoms with van der Waals surface area (Å²) < 4.78 is 96.5. The molecule has 0 bridgehead atoms. The van der Waals surface area contributed by atoms with E-state index in [0.29, 0.717) is 74.2 Å². The highest BCUT2D eigenvalue weighted by atomic mass is 127. The van der Waals surface area contributed by atoms with Crippen molar-refractivity contribution in [3.8, 4) is 0 Å². The minimum Gasteiger partial charge on any atom is -0.390 e. The van der Waals surface area contributed by atoms with Crippen LogP contribution in [0.2, 0.25) is 0 Å². The van der Waals surface area contributed by atoms with Crippen molar-refractivity contribution in [3.63, 3.8) is 0 Å². The maximum absolute atomic E-state index is 12.7. The van der Waals surface area contributed by atoms with Gasteiger partial charge in [0.2, 0.25) is 0 Å². The molecule has 0 radical (unpaired) electrons. The molecule has 6 fully saturated rings. The van der Waals surface area contributed by atoms with Crippen LogP contribution in [-0.2, 0) is 59.8 Å². The van der Waals surface area contributed by atoms with Crippen LogP contribution in [0.4, 0.5) is 0 Å². The Labute approximate surface area is 454 Å². The normalized spacial score (nSPS) is 40.7. The van der Waals surface area contributed by atoms with Crippen molar-refractivity contribution in [2.75, 3.05) is 17.6 Å². The lowest BCUT2D eigenvalue weighted by Crippen LogP contribution is -2.59. The number of fused-ring (bicyclic) bond motifs is 4. The van der Waals surface area contributed by atoms with E-state index < -0.39 is 108 Å². The summed E-state index contributed by atoms with van der Waals surface area (Å²) in [4.78, 5) is 55.9. The van der Waals surface area contributed by atoms with Crippen LogP contribution >= 0.6 is 46.1 Å². The number of nitrogens with zero attached hydrogens (tertiary/aromatic N) is 1. The van der Waals surface area contributed by atoms with Gasteiger partial charge >= 0.3 is 29.2 Å². The zero-order chi connectivity index (χ0) is 55.6. The molecule has 1 aromatic rings. The minimum atomic E-state index is -5.87. The van der Waals surface area contributed by atoms with Crippen LogP contribution < -0.4 is 11.2 Å². The number of nitrogens with one attached hydrogen (secondary N) is 1. The molecule has 76 heavy (non-hydrogen) atoms. The van der Waals surface area contributed by atoms with Gasteiger partial charge in [-0.15, -0.1) is 0 Å². The molecule has 6 aliphatic rings. The molecule has 0 saturated carbocycles. The van der Waals surface area contributed by atoms with E-state index in [1.54, 1.807) is 6.08 Å². The summed E-state index contributed by atoms with van der Waals surface area (Å²) in [6, 6.07) is 0.938. The predicted octanol–water partition coefficient (Wildman–Crippen LogP) is 5.23. The van der Waals surface area contributed by atoms with Crippen molar-refractivity contribution >= 4 is 46.1 Å². The number of aliphatic hydroxyl groups is 4. The quantitative estimate of drug-likeness (QED) is 0.0358. The van der Waals surface area contributed by atoms with Gasteiger partial charge in [0.15, 0.2) is 6.23 Å². The maximum atomic E-state index is 12.7. The third kappa shape index (κ3) is 15.3. The second-order valence-corrected chi connectivity index (χ2v) is 26.7. The summed E-state index contributed by atoms with van der Waals surface area (Å²) in [7, 11) is -16.9. The van der Waals surface area contributed by atoms with Crippen LogP contribution in [0.1, 0.15) is 111 Å². The third-order valence-corrected chi connectivity index (χ3v) is 20.5. The van der Waals surface area contributed by atoms with Crippen LogP contribution in [0.15, 0.2) is 70.0 Å². The summed E-state index contributed by atoms with van der Waals surface area (Å²) >= 11 is 2.09. The first-order chi connectivity index (χ1) is 35.6. The van der Waals surface area contributed by atoms with E-state index in [9.17, 15) is 58.4 Å². The highest BCUT2D eigenvalue weighted by molar-refractivity contribution is 14.1. The molecule has 430 valence electrons. The van der Waals surface area contributed by atoms with Gasteiger partial charge in [0, 0.05) is 29.5 Å². The molecule has 19 unspecified atom stereocenters. The molecule has 1 aromatic heterocycles. The van der Waals surface area contributed by atoms with Crippen LogP contribution in [0.3, 0.4) is 0 Å². The lowest BCUT2D eigenvalue weighted by molar-refractivity contribution is -0.273. The minimum absolute atomic E-state index is 0.0878. The zero-order valence-corrected chi connectivity index (χ0v) is 48.0. The lowest BCUT2D eigenvalue weighted by atomic mass is 9.79. The highest BCUT2D eigenvalue weighted by Gasteiger charge is 2.59. The van der Waals surface area contributed by atoms with E-state index in [1.807, 2.05) is 44.0 Å². The van der Waals surface area contributed by atoms with Gasteiger partial charge in [0.1, 0.15) is 24.4 Å². The van der Waals surface area contributed by atoms with E-state index in [1.165, 1.54) is 6.08 Å². The highest BCUT2D eigenvalue weighted by Crippen LogP contribution is 2.68. The van der Waals surface area contributed by atoms with E-state index in [0.717, 1.165) is 28.8 Å². The van der Waals surface area contributed by atoms with Gasteiger partial charge in [-0.2, -0.15) is 8.62 Å². The fourth-order valence-corrected chi connectivity index (χ4v) is 15.5. The number of hydrogen-bond donors (Lipinski definition) is 8. The van der Waals surface area contributed by atoms with Gasteiger partial charge in [-0.1, -0.05) is 72.0 Å². The molecule has 0 aromatic carbocycles. The zero-order valence-electron chi connectivity index (χ0n) is 43.2. The Balaban J connectivity index is 0.882. The Hall–Kier alpha value is -1.62. The number of phosphoric ester groups is 2. The SMILES string of the molecule is C=C/C=C\CCC1OC2CCC3(C)OC4C(O)CC5(C)OC(CC/C=C(C)/C(=C/COP(=O)(O)OP(=O)(O)OP(=O)(O)OC[C@@H]6OC(n7ccc(=O)[nH]c7=O)C(O)C6O)CI)C(C)CC5OC4CC3OC2CCC1(C)O. The molecule has 6 saturated heterocycles. The fraction of sp³-hybridized carbons (Fsp3) is 0.750. The molecule has 24 nitrogen and oxygen atoms in total. The van der Waals surface area contributed by atoms with E-state index in [-0.39, 0.29) is 42.5 Å². The van der Waals surface area contributed by atoms with Gasteiger partial charge in [-0.3, -0.25) is 23.4 Å². The van der Waals surface area contributed by atoms with Gasteiger partial charge in [0.05, 0.1) is 78.8 Å². The van der Waals surface area contributed by atoms with Crippen molar-refractivity contribution < 1.29 is 94.9 Å². The Morgan fingerprint density at radius 3 is 2.22 bits per heavy atom. The molecule has 0 spiro atoms. The second kappa shape index (κ2) is 25.3. The smallest absolute Gasteiger partial charge is 0.390 e. The molecule has 7 heterocycles. The average molecular weight is 1250 g/mol. The molecule has 28 heteroatoms. The van der Waals surface area contributed by atoms with Crippen molar-refractivity contribution in [1.82, 2.24) is 9.55 Å². The summed E-state index contributed by atoms with van der Waals surface area (Å²) in [5.74, 6) is 0.0878. The molecule has 6 aliphatic heterocycles. The standard InChI is InChI=1S/C48H74IN2O22P3/c1-7-8-9-10-14-37-46(4,57)19-15-33-34(66-37)16-20-47(5)39(67-33)24-35-43(71-47)31(52)25-48(6)38(68-35)23-29(3)32(70-48)13-11-12-28(2)30(26-49)18-22-64-74(58,59)72-76(62,63)73-75(60,61)65-27-36-41(54)42(55)44(69-36)51-21-17-40(53)50-45(51)56/h7-9,12,17-18,21,29,31-39,41-44,52,54-55,57H,1,10-11,13-16,19-20,22-27H2,2-6H3,(H,58,59)(H,60,61)(H,62,63)(H,50,53,56)/b9-8-,28-12+,30-18+/t29?,31?,32?,33?,34?,35?,36-,37?,38?,39?,41?,42?,43?,44?,46?,47?,48?/m0/s1. The number of phosphoric acid groups is 3. The molecule has 0 amide bonds. The fourth-order valence-electron chi connectivity index (χ4n) is 11.1. The molecule has 8 N–H and O–H groups in total. The largest absolute Gasteiger partial charge is 0.490 e. The van der Waals surface area contributed by atoms with Crippen molar-refractivity contribution in [1.29, 1.82) is 0 Å². The average Bonchev–Trinajstić information content (AvgIpc) is 3.40. The number of aromatic amines is 1. The molecular weight excluding hydrogens is 1180 g/mol. The Kier molecular flexibility index (Phi) is 20.6. The number of aliphatic hydroxyl groups excluding tert-OH is 3. The van der Waals surface area contributed by atoms with E-state index in [4.69, 9.17) is 32.9 Å². The first-order valence-corrected chi connectivity index (χ1v) is 31.5. The summed E-state index contributed by atoms with van der Waals surface area (Å²) in [5, 5.41) is 44.1.